The molecular formula is C21H22N2O3. The lowest BCUT2D eigenvalue weighted by Gasteiger charge is -2.16. The van der Waals surface area contributed by atoms with Crippen molar-refractivity contribution in [3.05, 3.63) is 53.9 Å². The molecule has 0 amide bonds. The van der Waals surface area contributed by atoms with Crippen LogP contribution in [-0.4, -0.2) is 29.7 Å². The minimum atomic E-state index is -0.352. The van der Waals surface area contributed by atoms with Gasteiger partial charge in [0.15, 0.2) is 0 Å². The first kappa shape index (κ1) is 16.6. The highest BCUT2D eigenvalue weighted by atomic mass is 16.5. The largest absolute Gasteiger partial charge is 0.496 e. The predicted molar refractivity (Wildman–Crippen MR) is 100 cm³/mol. The standard InChI is InChI=1S/C21H22N2O3/c1-25-20-10-8-16(12-17(20)14-5-3-4-6-14)23-13-22-18-11-15(21(24)26-2)7-9-19(18)23/h7-14H,3-6H2,1-2H3. The molecule has 0 saturated heterocycles. The van der Waals surface area contributed by atoms with Crippen molar-refractivity contribution in [1.29, 1.82) is 0 Å². The highest BCUT2D eigenvalue weighted by Crippen LogP contribution is 2.39. The Kier molecular flexibility index (Phi) is 4.37. The van der Waals surface area contributed by atoms with Crippen molar-refractivity contribution in [2.75, 3.05) is 14.2 Å². The number of esters is 1. The van der Waals surface area contributed by atoms with E-state index in [-0.39, 0.29) is 5.97 Å². The number of hydrogen-bond donors (Lipinski definition) is 0. The third kappa shape index (κ3) is 2.83. The Labute approximate surface area is 152 Å². The van der Waals surface area contributed by atoms with Crippen LogP contribution < -0.4 is 4.74 Å². The minimum absolute atomic E-state index is 0.352. The molecule has 0 atom stereocenters. The SMILES string of the molecule is COC(=O)c1ccc2c(c1)ncn2-c1ccc(OC)c(C2CCCC2)c1. The molecule has 5 nitrogen and oxygen atoms in total. The van der Waals surface area contributed by atoms with Crippen molar-refractivity contribution >= 4 is 17.0 Å². The fourth-order valence-electron chi connectivity index (χ4n) is 3.89. The maximum absolute atomic E-state index is 11.7. The summed E-state index contributed by atoms with van der Waals surface area (Å²) in [7, 11) is 3.11. The summed E-state index contributed by atoms with van der Waals surface area (Å²) in [6.45, 7) is 0. The van der Waals surface area contributed by atoms with Gasteiger partial charge < -0.3 is 9.47 Å². The molecule has 0 N–H and O–H groups in total. The molecule has 0 aliphatic heterocycles. The van der Waals surface area contributed by atoms with Crippen LogP contribution in [0.4, 0.5) is 0 Å². The maximum atomic E-state index is 11.7. The lowest BCUT2D eigenvalue weighted by Crippen LogP contribution is -2.02. The Morgan fingerprint density at radius 1 is 1.12 bits per heavy atom. The van der Waals surface area contributed by atoms with E-state index in [4.69, 9.17) is 9.47 Å². The predicted octanol–water partition coefficient (Wildman–Crippen LogP) is 4.48. The van der Waals surface area contributed by atoms with E-state index in [0.29, 0.717) is 11.5 Å². The molecule has 0 bridgehead atoms. The maximum Gasteiger partial charge on any atom is 0.337 e. The molecule has 2 aromatic carbocycles. The summed E-state index contributed by atoms with van der Waals surface area (Å²) in [6.07, 6.45) is 6.79. The van der Waals surface area contributed by atoms with Crippen LogP contribution in [0.3, 0.4) is 0 Å². The van der Waals surface area contributed by atoms with Crippen molar-refractivity contribution in [2.45, 2.75) is 31.6 Å². The molecule has 0 unspecified atom stereocenters. The lowest BCUT2D eigenvalue weighted by atomic mass is 9.96. The molecule has 1 heterocycles. The van der Waals surface area contributed by atoms with Crippen molar-refractivity contribution in [3.63, 3.8) is 0 Å². The summed E-state index contributed by atoms with van der Waals surface area (Å²) < 4.78 is 12.4. The molecule has 1 aliphatic rings. The van der Waals surface area contributed by atoms with Crippen LogP contribution in [0.1, 0.15) is 47.5 Å². The summed E-state index contributed by atoms with van der Waals surface area (Å²) in [6, 6.07) is 11.7. The monoisotopic (exact) mass is 350 g/mol. The van der Waals surface area contributed by atoms with Crippen LogP contribution >= 0.6 is 0 Å². The molecule has 3 aromatic rings. The van der Waals surface area contributed by atoms with E-state index >= 15 is 0 Å². The number of methoxy groups -OCH3 is 2. The van der Waals surface area contributed by atoms with Crippen molar-refractivity contribution in [1.82, 2.24) is 9.55 Å². The van der Waals surface area contributed by atoms with Gasteiger partial charge in [-0.05, 0) is 60.7 Å². The summed E-state index contributed by atoms with van der Waals surface area (Å²) in [5.41, 5.74) is 4.56. The van der Waals surface area contributed by atoms with Crippen molar-refractivity contribution in [3.8, 4) is 11.4 Å². The Morgan fingerprint density at radius 3 is 2.65 bits per heavy atom. The first-order chi connectivity index (χ1) is 12.7. The smallest absolute Gasteiger partial charge is 0.337 e. The Morgan fingerprint density at radius 2 is 1.92 bits per heavy atom. The molecule has 1 saturated carbocycles. The molecule has 1 fully saturated rings. The van der Waals surface area contributed by atoms with E-state index in [9.17, 15) is 4.79 Å². The Balaban J connectivity index is 1.77. The zero-order valence-corrected chi connectivity index (χ0v) is 15.1. The Bertz CT molecular complexity index is 955. The van der Waals surface area contributed by atoms with Crippen LogP contribution in [0.25, 0.3) is 16.7 Å². The minimum Gasteiger partial charge on any atom is -0.496 e. The molecule has 0 spiro atoms. The topological polar surface area (TPSA) is 53.3 Å². The van der Waals surface area contributed by atoms with Crippen LogP contribution in [0.2, 0.25) is 0 Å². The molecule has 134 valence electrons. The molecule has 4 rings (SSSR count). The number of rotatable bonds is 4. The van der Waals surface area contributed by atoms with Gasteiger partial charge in [0.2, 0.25) is 0 Å². The van der Waals surface area contributed by atoms with E-state index in [1.54, 1.807) is 25.6 Å². The second-order valence-corrected chi connectivity index (χ2v) is 6.72. The van der Waals surface area contributed by atoms with E-state index in [1.165, 1.54) is 38.4 Å². The van der Waals surface area contributed by atoms with Gasteiger partial charge in [-0.3, -0.25) is 4.57 Å². The van der Waals surface area contributed by atoms with E-state index in [2.05, 4.69) is 11.1 Å². The first-order valence-electron chi connectivity index (χ1n) is 8.95. The zero-order valence-electron chi connectivity index (χ0n) is 15.1. The summed E-state index contributed by atoms with van der Waals surface area (Å²) in [5, 5.41) is 0. The number of hydrogen-bond acceptors (Lipinski definition) is 4. The fourth-order valence-corrected chi connectivity index (χ4v) is 3.89. The number of carbonyl (C=O) groups is 1. The van der Waals surface area contributed by atoms with E-state index in [0.717, 1.165) is 22.5 Å². The van der Waals surface area contributed by atoms with E-state index < -0.39 is 0 Å². The summed E-state index contributed by atoms with van der Waals surface area (Å²) in [4.78, 5) is 16.2. The fraction of sp³-hybridized carbons (Fsp3) is 0.333. The molecule has 26 heavy (non-hydrogen) atoms. The van der Waals surface area contributed by atoms with E-state index in [1.807, 2.05) is 22.8 Å². The number of imidazole rings is 1. The van der Waals surface area contributed by atoms with Gasteiger partial charge in [0.1, 0.15) is 12.1 Å². The summed E-state index contributed by atoms with van der Waals surface area (Å²) >= 11 is 0. The number of nitrogens with zero attached hydrogens (tertiary/aromatic N) is 2. The number of aromatic nitrogens is 2. The highest BCUT2D eigenvalue weighted by Gasteiger charge is 2.21. The molecule has 0 radical (unpaired) electrons. The van der Waals surface area contributed by atoms with Gasteiger partial charge in [0.25, 0.3) is 0 Å². The number of ether oxygens (including phenoxy) is 2. The van der Waals surface area contributed by atoms with Gasteiger partial charge in [-0.15, -0.1) is 0 Å². The van der Waals surface area contributed by atoms with Crippen LogP contribution in [0.5, 0.6) is 5.75 Å². The zero-order chi connectivity index (χ0) is 18.1. The van der Waals surface area contributed by atoms with Gasteiger partial charge in [-0.25, -0.2) is 9.78 Å². The van der Waals surface area contributed by atoms with Gasteiger partial charge in [-0.1, -0.05) is 12.8 Å². The quantitative estimate of drug-likeness (QED) is 0.651. The molecular weight excluding hydrogens is 328 g/mol. The lowest BCUT2D eigenvalue weighted by molar-refractivity contribution is 0.0601. The second kappa shape index (κ2) is 6.83. The number of benzene rings is 2. The highest BCUT2D eigenvalue weighted by molar-refractivity contribution is 5.93. The van der Waals surface area contributed by atoms with Gasteiger partial charge >= 0.3 is 5.97 Å². The average molecular weight is 350 g/mol. The van der Waals surface area contributed by atoms with Crippen molar-refractivity contribution < 1.29 is 14.3 Å². The Hall–Kier alpha value is -2.82. The van der Waals surface area contributed by atoms with Gasteiger partial charge in [0, 0.05) is 5.69 Å². The van der Waals surface area contributed by atoms with Crippen molar-refractivity contribution in [2.24, 2.45) is 0 Å². The third-order valence-corrected chi connectivity index (χ3v) is 5.25. The van der Waals surface area contributed by atoms with Crippen LogP contribution in [0.15, 0.2) is 42.7 Å². The van der Waals surface area contributed by atoms with Crippen LogP contribution in [-0.2, 0) is 4.74 Å². The second-order valence-electron chi connectivity index (χ2n) is 6.72. The number of carbonyl (C=O) groups excluding carboxylic acids is 1. The van der Waals surface area contributed by atoms with Gasteiger partial charge in [0.05, 0.1) is 30.8 Å². The van der Waals surface area contributed by atoms with Crippen LogP contribution in [0, 0.1) is 0 Å². The normalized spacial score (nSPS) is 14.7. The molecule has 1 aromatic heterocycles. The molecule has 5 heteroatoms. The van der Waals surface area contributed by atoms with Gasteiger partial charge in [-0.2, -0.15) is 0 Å². The first-order valence-corrected chi connectivity index (χ1v) is 8.95. The average Bonchev–Trinajstić information content (AvgIpc) is 3.36. The third-order valence-electron chi connectivity index (χ3n) is 5.25. The summed E-state index contributed by atoms with van der Waals surface area (Å²) in [5.74, 6) is 1.16. The molecule has 1 aliphatic carbocycles. The number of fused-ring (bicyclic) bond motifs is 1.